The molecule has 8 rings (SSSR count). The first-order valence-corrected chi connectivity index (χ1v) is 35.2. The number of Topliss-reactive ketones (excluding diaryl/α,β-unsaturated/α-hetero) is 2. The Morgan fingerprint density at radius 2 is 1.43 bits per heavy atom. The standard InChI is InChI=1S/C44H62N4O18.C17H19NO10S2.O3S/c1-21-32(52)34(54)35(55)42(61-21)66-36-25(46-39(56)26-19-31(51)48-44(60)47-26)17-24(27(50)14-9-15-45-2)18-28(36)63-43-38(65-41(59)23-12-7-4-8-13-23)37(33(53)30(20-49)64-43)62-29(40(57)58)16-22-10-5-3-6-11-22;1-11(19)9-27-5-6-28-10-16(20)18-14-4-2-3-12-7-13(29(21,22)23)8-15(17(12)14)30(24,25)26;1-4(2)3/h4,7-8,12-13,19,21-22,24-25,28-30,32-38,42-43,45,49,52-55H,3,5-6,9-11,14-18,20H2,1-2H3,(H,46,56)(H,57,58)(H2,47,48,51,60);2-4,7-8H,5-6,9-10H2,1H3,(H,18,20)(H,21,22,23)(H,24,25,26);/t21?,24?,25?,28?,29-,30?,32?,33?,34?,35?,36?,37?,38?,42?,43?;;/m0../s1. The lowest BCUT2D eigenvalue weighted by atomic mass is 9.78. The zero-order chi connectivity index (χ0) is 73.8. The second kappa shape index (κ2) is 38.1. The van der Waals surface area contributed by atoms with Gasteiger partial charge in [-0.3, -0.25) is 38.1 Å². The van der Waals surface area contributed by atoms with Crippen LogP contribution in [-0.4, -0.2) is 247 Å². The number of hydrogen-bond acceptors (Lipinski definition) is 29. The van der Waals surface area contributed by atoms with Crippen molar-refractivity contribution in [3.8, 4) is 0 Å². The van der Waals surface area contributed by atoms with E-state index in [2.05, 4.69) is 20.9 Å². The molecule has 2 aliphatic carbocycles. The van der Waals surface area contributed by atoms with E-state index in [0.717, 1.165) is 44.2 Å². The number of aromatic amines is 2. The Morgan fingerprint density at radius 1 is 0.760 bits per heavy atom. The van der Waals surface area contributed by atoms with Gasteiger partial charge < -0.3 is 89.5 Å². The van der Waals surface area contributed by atoms with Crippen molar-refractivity contribution in [1.82, 2.24) is 20.6 Å². The molecule has 2 aliphatic heterocycles. The van der Waals surface area contributed by atoms with E-state index in [1.54, 1.807) is 25.2 Å². The maximum atomic E-state index is 14.0. The van der Waals surface area contributed by atoms with Crippen molar-refractivity contribution in [3.05, 3.63) is 98.8 Å². The van der Waals surface area contributed by atoms with Crippen LogP contribution in [0.15, 0.2) is 86.1 Å². The second-order valence-corrected chi connectivity index (χ2v) is 27.1. The van der Waals surface area contributed by atoms with Crippen LogP contribution in [0.4, 0.5) is 5.69 Å². The summed E-state index contributed by atoms with van der Waals surface area (Å²) in [7, 11) is -11.1. The first-order chi connectivity index (χ1) is 47.2. The van der Waals surface area contributed by atoms with Crippen LogP contribution in [-0.2, 0) is 87.9 Å². The molecule has 4 fully saturated rings. The van der Waals surface area contributed by atoms with Gasteiger partial charge in [0.15, 0.2) is 30.6 Å². The number of ketones is 2. The highest BCUT2D eigenvalue weighted by molar-refractivity contribution is 7.86. The Bertz CT molecular complexity index is 3900. The Balaban J connectivity index is 0.000000384. The quantitative estimate of drug-likeness (QED) is 0.0171. The number of ether oxygens (including phenoxy) is 8. The number of H-pyrrole nitrogens is 2. The smallest absolute Gasteiger partial charge is 0.425 e. The average Bonchev–Trinajstić information content (AvgIpc) is 0.759. The van der Waals surface area contributed by atoms with Crippen molar-refractivity contribution < 1.29 is 136 Å². The van der Waals surface area contributed by atoms with E-state index in [4.69, 9.17) is 50.5 Å². The summed E-state index contributed by atoms with van der Waals surface area (Å²) in [5.74, 6) is -5.31. The predicted octanol–water partition coefficient (Wildman–Crippen LogP) is -1.26. The van der Waals surface area contributed by atoms with Gasteiger partial charge in [-0.15, -0.1) is 12.6 Å². The summed E-state index contributed by atoms with van der Waals surface area (Å²) < 4.78 is 138. The van der Waals surface area contributed by atoms with Crippen LogP contribution in [0.5, 0.6) is 0 Å². The topological polar surface area (TPSA) is 559 Å². The van der Waals surface area contributed by atoms with Crippen LogP contribution in [0, 0.1) is 11.8 Å². The number of esters is 1. The number of carbonyl (C=O) groups excluding carboxylic acids is 5. The maximum absolute atomic E-state index is 14.0. The van der Waals surface area contributed by atoms with E-state index in [1.165, 1.54) is 44.2 Å². The molecule has 4 aliphatic rings. The van der Waals surface area contributed by atoms with E-state index in [0.29, 0.717) is 19.0 Å². The number of carbonyl (C=O) groups is 6. The van der Waals surface area contributed by atoms with Crippen molar-refractivity contribution in [1.29, 1.82) is 0 Å². The van der Waals surface area contributed by atoms with Crippen molar-refractivity contribution in [2.24, 2.45) is 11.8 Å². The fourth-order valence-electron chi connectivity index (χ4n) is 11.7. The minimum Gasteiger partial charge on any atom is -0.479 e. The Labute approximate surface area is 572 Å². The van der Waals surface area contributed by atoms with Gasteiger partial charge in [-0.1, -0.05) is 62.4 Å². The van der Waals surface area contributed by atoms with Crippen LogP contribution in [0.1, 0.15) is 98.9 Å². The lowest BCUT2D eigenvalue weighted by molar-refractivity contribution is -0.347. The van der Waals surface area contributed by atoms with Crippen LogP contribution >= 0.6 is 0 Å². The third kappa shape index (κ3) is 23.9. The molecular weight excluding hydrogens is 1390 g/mol. The number of carboxylic acids is 1. The number of aliphatic hydroxyl groups excluding tert-OH is 5. The van der Waals surface area contributed by atoms with Gasteiger partial charge in [0.2, 0.25) is 5.91 Å². The molecule has 3 aromatic carbocycles. The molecule has 13 N–H and O–H groups in total. The summed E-state index contributed by atoms with van der Waals surface area (Å²) in [5.41, 5.74) is -2.33. The fraction of sp³-hybridized carbons (Fsp3) is 0.574. The molecule has 1 aromatic heterocycles. The van der Waals surface area contributed by atoms with E-state index in [9.17, 15) is 94.9 Å². The molecular formula is C61H81N5O31S3. The molecule has 0 bridgehead atoms. The molecule has 4 aromatic rings. The van der Waals surface area contributed by atoms with E-state index in [1.807, 2.05) is 4.98 Å². The number of hydrogen-bond donors (Lipinski definition) is 13. The first-order valence-electron chi connectivity index (χ1n) is 31.3. The van der Waals surface area contributed by atoms with Gasteiger partial charge >= 0.3 is 28.2 Å². The number of aromatic nitrogens is 2. The molecule has 36 nitrogen and oxygen atoms in total. The molecule has 554 valence electrons. The molecule has 14 unspecified atom stereocenters. The summed E-state index contributed by atoms with van der Waals surface area (Å²) in [5, 5.41) is 73.0. The number of nitrogens with one attached hydrogen (secondary N) is 5. The van der Waals surface area contributed by atoms with Crippen molar-refractivity contribution >= 4 is 82.6 Å². The van der Waals surface area contributed by atoms with E-state index < -0.39 is 186 Å². The lowest BCUT2D eigenvalue weighted by Crippen LogP contribution is -2.65. The number of rotatable bonds is 29. The van der Waals surface area contributed by atoms with Gasteiger partial charge in [-0.25, -0.2) is 14.4 Å². The predicted molar refractivity (Wildman–Crippen MR) is 341 cm³/mol. The van der Waals surface area contributed by atoms with Crippen molar-refractivity contribution in [3.63, 3.8) is 0 Å². The number of aliphatic carboxylic acids is 1. The maximum Gasteiger partial charge on any atom is 0.425 e. The van der Waals surface area contributed by atoms with Crippen LogP contribution < -0.4 is 27.2 Å². The number of carboxylic acid groups (broad SMARTS) is 1. The minimum atomic E-state index is -4.91. The average molecular weight is 1480 g/mol. The van der Waals surface area contributed by atoms with Gasteiger partial charge in [0.1, 0.15) is 72.3 Å². The van der Waals surface area contributed by atoms with Crippen molar-refractivity contribution in [2.75, 3.05) is 51.9 Å². The van der Waals surface area contributed by atoms with E-state index >= 15 is 0 Å². The summed E-state index contributed by atoms with van der Waals surface area (Å²) >= 11 is 0. The third-order valence-corrected chi connectivity index (χ3v) is 18.2. The Kier molecular flexibility index (Phi) is 31.2. The van der Waals surface area contributed by atoms with Crippen LogP contribution in [0.2, 0.25) is 0 Å². The zero-order valence-corrected chi connectivity index (χ0v) is 56.5. The molecule has 100 heavy (non-hydrogen) atoms. The highest BCUT2D eigenvalue weighted by Crippen LogP contribution is 2.39. The Morgan fingerprint density at radius 3 is 2.04 bits per heavy atom. The molecule has 3 heterocycles. The van der Waals surface area contributed by atoms with Gasteiger partial charge in [-0.05, 0) is 94.8 Å². The highest BCUT2D eigenvalue weighted by atomic mass is 32.2. The molecule has 15 atom stereocenters. The molecule has 2 amide bonds. The number of benzene rings is 3. The molecule has 0 radical (unpaired) electrons. The second-order valence-electron chi connectivity index (χ2n) is 23.8. The highest BCUT2D eigenvalue weighted by Gasteiger charge is 2.54. The van der Waals surface area contributed by atoms with E-state index in [-0.39, 0.29) is 85.0 Å². The SMILES string of the molecule is CC(=O)COCCOCC(=O)Nc1cccc2cc(S(=O)(=O)O)cc(S(=O)(=O)O)c12.CNCCCC(=O)C1CC(NC(=O)c2cc(=O)[nH]c(=O)[nH]2)C(OC2OC(C)C(O)C(O)C2O)C(OC2OC(CO)C(O)C(O[C@@H](CC3CCCCC3)C(=O)O)C2OC(=O)c2ccccc2)C1.O=S(=O)=O. The molecule has 39 heteroatoms. The Hall–Kier alpha value is -7.26. The minimum absolute atomic E-state index is 0.0236. The van der Waals surface area contributed by atoms with Crippen LogP contribution in [0.3, 0.4) is 0 Å². The largest absolute Gasteiger partial charge is 0.479 e. The molecule has 0 spiro atoms. The normalized spacial score (nSPS) is 25.9. The molecule has 2 saturated carbocycles. The number of fused-ring (bicyclic) bond motifs is 1. The van der Waals surface area contributed by atoms with Crippen LogP contribution in [0.25, 0.3) is 10.8 Å². The summed E-state index contributed by atoms with van der Waals surface area (Å²) in [6.07, 6.45) is -16.6. The van der Waals surface area contributed by atoms with Crippen molar-refractivity contribution in [2.45, 2.75) is 174 Å². The van der Waals surface area contributed by atoms with Gasteiger partial charge in [-0.2, -0.15) is 16.8 Å². The third-order valence-electron chi connectivity index (χ3n) is 16.4. The number of amides is 2. The number of anilines is 1. The molecule has 2 saturated heterocycles. The van der Waals surface area contributed by atoms with Gasteiger partial charge in [0.25, 0.3) is 31.7 Å². The van der Waals surface area contributed by atoms with Gasteiger partial charge in [0.05, 0.1) is 54.2 Å². The summed E-state index contributed by atoms with van der Waals surface area (Å²) in [6, 6.07) is 12.9. The van der Waals surface area contributed by atoms with Gasteiger partial charge in [0, 0.05) is 23.8 Å². The number of aliphatic hydroxyl groups is 5. The zero-order valence-electron chi connectivity index (χ0n) is 54.1. The summed E-state index contributed by atoms with van der Waals surface area (Å²) in [6.45, 7) is 2.03. The lowest BCUT2D eigenvalue weighted by Gasteiger charge is -2.49. The monoisotopic (exact) mass is 1480 g/mol. The fourth-order valence-corrected chi connectivity index (χ4v) is 13.1. The summed E-state index contributed by atoms with van der Waals surface area (Å²) in [4.78, 5) is 104. The first kappa shape index (κ1) is 81.7.